The molecule has 0 aliphatic carbocycles. The molecule has 3 aromatic rings. The SMILES string of the molecule is COCCC(=O)c1ccc2c(C(=O)OCCN(C)C)c3ccccc3n2c1. The van der Waals surface area contributed by atoms with Gasteiger partial charge in [-0.1, -0.05) is 18.2 Å². The summed E-state index contributed by atoms with van der Waals surface area (Å²) in [5, 5.41) is 0.814. The molecule has 0 spiro atoms. The lowest BCUT2D eigenvalue weighted by Crippen LogP contribution is -2.20. The number of carbonyl (C=O) groups is 2. The maximum atomic E-state index is 12.7. The molecule has 2 heterocycles. The first kappa shape index (κ1) is 19.1. The number of carbonyl (C=O) groups excluding carboxylic acids is 2. The molecule has 0 unspecified atom stereocenters. The minimum Gasteiger partial charge on any atom is -0.461 e. The maximum absolute atomic E-state index is 12.7. The lowest BCUT2D eigenvalue weighted by atomic mass is 10.1. The highest BCUT2D eigenvalue weighted by atomic mass is 16.5. The number of hydrogen-bond donors (Lipinski definition) is 0. The predicted octanol–water partition coefficient (Wildman–Crippen LogP) is 3.03. The van der Waals surface area contributed by atoms with Gasteiger partial charge in [0.1, 0.15) is 6.61 Å². The summed E-state index contributed by atoms with van der Waals surface area (Å²) in [6, 6.07) is 11.2. The molecule has 142 valence electrons. The number of pyridine rings is 1. The number of benzene rings is 1. The third-order valence-corrected chi connectivity index (χ3v) is 4.47. The Balaban J connectivity index is 2.02. The number of esters is 1. The van der Waals surface area contributed by atoms with Crippen LogP contribution in [0.4, 0.5) is 0 Å². The van der Waals surface area contributed by atoms with Crippen LogP contribution in [-0.2, 0) is 9.47 Å². The lowest BCUT2D eigenvalue weighted by Gasteiger charge is -2.10. The van der Waals surface area contributed by atoms with Gasteiger partial charge in [-0.25, -0.2) is 4.79 Å². The second-order valence-electron chi connectivity index (χ2n) is 6.67. The van der Waals surface area contributed by atoms with Crippen molar-refractivity contribution < 1.29 is 19.1 Å². The van der Waals surface area contributed by atoms with Crippen molar-refractivity contribution in [2.45, 2.75) is 6.42 Å². The van der Waals surface area contributed by atoms with Crippen LogP contribution in [-0.4, -0.2) is 62.0 Å². The highest BCUT2D eigenvalue weighted by Gasteiger charge is 2.20. The van der Waals surface area contributed by atoms with E-state index in [9.17, 15) is 9.59 Å². The number of likely N-dealkylation sites (N-methyl/N-ethyl adjacent to an activating group) is 1. The topological polar surface area (TPSA) is 60.3 Å². The van der Waals surface area contributed by atoms with Gasteiger partial charge in [0.2, 0.25) is 0 Å². The number of Topliss-reactive ketones (excluding diaryl/α,β-unsaturated/α-hetero) is 1. The van der Waals surface area contributed by atoms with Gasteiger partial charge in [-0.05, 0) is 32.3 Å². The molecule has 0 atom stereocenters. The lowest BCUT2D eigenvalue weighted by molar-refractivity contribution is 0.0486. The Labute approximate surface area is 158 Å². The number of para-hydroxylation sites is 1. The molecule has 27 heavy (non-hydrogen) atoms. The molecule has 0 aliphatic rings. The monoisotopic (exact) mass is 368 g/mol. The zero-order chi connectivity index (χ0) is 19.4. The molecule has 0 N–H and O–H groups in total. The first-order valence-electron chi connectivity index (χ1n) is 8.89. The standard InChI is InChI=1S/C21H24N2O4/c1-22(2)11-13-27-21(25)20-16-6-4-5-7-17(16)23-14-15(8-9-18(20)23)19(24)10-12-26-3/h4-9,14H,10-13H2,1-3H3. The second-order valence-corrected chi connectivity index (χ2v) is 6.67. The summed E-state index contributed by atoms with van der Waals surface area (Å²) >= 11 is 0. The van der Waals surface area contributed by atoms with E-state index >= 15 is 0 Å². The minimum atomic E-state index is -0.353. The van der Waals surface area contributed by atoms with E-state index in [0.29, 0.717) is 37.3 Å². The van der Waals surface area contributed by atoms with Gasteiger partial charge in [-0.2, -0.15) is 0 Å². The quantitative estimate of drug-likeness (QED) is 0.452. The Bertz CT molecular complexity index is 975. The van der Waals surface area contributed by atoms with Crippen molar-refractivity contribution >= 4 is 28.2 Å². The van der Waals surface area contributed by atoms with Crippen LogP contribution in [0.3, 0.4) is 0 Å². The average molecular weight is 368 g/mol. The number of fused-ring (bicyclic) bond motifs is 3. The summed E-state index contributed by atoms with van der Waals surface area (Å²) in [5.74, 6) is -0.347. The van der Waals surface area contributed by atoms with Gasteiger partial charge in [-0.15, -0.1) is 0 Å². The van der Waals surface area contributed by atoms with E-state index in [1.165, 1.54) is 0 Å². The number of aromatic nitrogens is 1. The Hall–Kier alpha value is -2.70. The molecule has 0 saturated carbocycles. The number of nitrogens with zero attached hydrogens (tertiary/aromatic N) is 2. The van der Waals surface area contributed by atoms with Crippen LogP contribution in [0.15, 0.2) is 42.6 Å². The van der Waals surface area contributed by atoms with Gasteiger partial charge in [0.05, 0.1) is 23.2 Å². The zero-order valence-electron chi connectivity index (χ0n) is 15.9. The van der Waals surface area contributed by atoms with Gasteiger partial charge >= 0.3 is 5.97 Å². The minimum absolute atomic E-state index is 0.00615. The molecular formula is C21H24N2O4. The van der Waals surface area contributed by atoms with Crippen molar-refractivity contribution in [2.75, 3.05) is 41.0 Å². The van der Waals surface area contributed by atoms with Gasteiger partial charge in [0.25, 0.3) is 0 Å². The molecule has 2 aromatic heterocycles. The van der Waals surface area contributed by atoms with Gasteiger partial charge in [0, 0.05) is 37.2 Å². The van der Waals surface area contributed by atoms with Crippen LogP contribution in [0.1, 0.15) is 27.1 Å². The number of ether oxygens (including phenoxy) is 2. The molecule has 0 amide bonds. The summed E-state index contributed by atoms with van der Waals surface area (Å²) in [5.41, 5.74) is 2.72. The van der Waals surface area contributed by atoms with Crippen LogP contribution in [0.2, 0.25) is 0 Å². The molecular weight excluding hydrogens is 344 g/mol. The van der Waals surface area contributed by atoms with Crippen molar-refractivity contribution in [2.24, 2.45) is 0 Å². The Morgan fingerprint density at radius 2 is 1.81 bits per heavy atom. The highest BCUT2D eigenvalue weighted by molar-refractivity contribution is 6.12. The fourth-order valence-electron chi connectivity index (χ4n) is 3.05. The molecule has 6 nitrogen and oxygen atoms in total. The van der Waals surface area contributed by atoms with E-state index in [2.05, 4.69) is 0 Å². The zero-order valence-corrected chi connectivity index (χ0v) is 15.9. The van der Waals surface area contributed by atoms with E-state index in [4.69, 9.17) is 9.47 Å². The molecule has 0 saturated heterocycles. The van der Waals surface area contributed by atoms with Crippen molar-refractivity contribution in [3.8, 4) is 0 Å². The fourth-order valence-corrected chi connectivity index (χ4v) is 3.05. The normalized spacial score (nSPS) is 11.4. The van der Waals surface area contributed by atoms with E-state index in [1.54, 1.807) is 19.4 Å². The Morgan fingerprint density at radius 3 is 2.56 bits per heavy atom. The number of rotatable bonds is 8. The van der Waals surface area contributed by atoms with Crippen LogP contribution in [0.25, 0.3) is 16.4 Å². The van der Waals surface area contributed by atoms with E-state index < -0.39 is 0 Å². The molecule has 0 fully saturated rings. The second kappa shape index (κ2) is 8.33. The molecule has 3 rings (SSSR count). The molecule has 0 aliphatic heterocycles. The largest absolute Gasteiger partial charge is 0.461 e. The van der Waals surface area contributed by atoms with Crippen molar-refractivity contribution in [3.05, 3.63) is 53.7 Å². The first-order valence-corrected chi connectivity index (χ1v) is 8.89. The maximum Gasteiger partial charge on any atom is 0.341 e. The molecule has 0 bridgehead atoms. The van der Waals surface area contributed by atoms with Gasteiger partial charge < -0.3 is 18.8 Å². The summed E-state index contributed by atoms with van der Waals surface area (Å²) in [6.45, 7) is 1.37. The summed E-state index contributed by atoms with van der Waals surface area (Å²) < 4.78 is 12.3. The average Bonchev–Trinajstić information content (AvgIpc) is 2.99. The summed E-state index contributed by atoms with van der Waals surface area (Å²) in [7, 11) is 5.43. The molecule has 0 radical (unpaired) electrons. The van der Waals surface area contributed by atoms with E-state index in [1.807, 2.05) is 53.7 Å². The van der Waals surface area contributed by atoms with Crippen LogP contribution < -0.4 is 0 Å². The smallest absolute Gasteiger partial charge is 0.341 e. The van der Waals surface area contributed by atoms with Crippen LogP contribution in [0, 0.1) is 0 Å². The summed E-state index contributed by atoms with van der Waals surface area (Å²) in [4.78, 5) is 27.0. The van der Waals surface area contributed by atoms with Crippen molar-refractivity contribution in [1.82, 2.24) is 9.30 Å². The Kier molecular flexibility index (Phi) is 5.88. The van der Waals surface area contributed by atoms with Gasteiger partial charge in [0.15, 0.2) is 5.78 Å². The van der Waals surface area contributed by atoms with Crippen LogP contribution in [0.5, 0.6) is 0 Å². The number of hydrogen-bond acceptors (Lipinski definition) is 5. The number of methoxy groups -OCH3 is 1. The third kappa shape index (κ3) is 4.02. The highest BCUT2D eigenvalue weighted by Crippen LogP contribution is 2.28. The Morgan fingerprint density at radius 1 is 1.04 bits per heavy atom. The van der Waals surface area contributed by atoms with E-state index in [-0.39, 0.29) is 11.8 Å². The third-order valence-electron chi connectivity index (χ3n) is 4.47. The van der Waals surface area contributed by atoms with Crippen LogP contribution >= 0.6 is 0 Å². The predicted molar refractivity (Wildman–Crippen MR) is 105 cm³/mol. The van der Waals surface area contributed by atoms with Crippen molar-refractivity contribution in [3.63, 3.8) is 0 Å². The number of ketones is 1. The summed E-state index contributed by atoms with van der Waals surface area (Å²) in [6.07, 6.45) is 2.10. The van der Waals surface area contributed by atoms with Crippen molar-refractivity contribution in [1.29, 1.82) is 0 Å². The molecule has 6 heteroatoms. The molecule has 1 aromatic carbocycles. The van der Waals surface area contributed by atoms with Gasteiger partial charge in [-0.3, -0.25) is 4.79 Å². The first-order chi connectivity index (χ1) is 13.0. The fraction of sp³-hybridized carbons (Fsp3) is 0.333. The van der Waals surface area contributed by atoms with E-state index in [0.717, 1.165) is 16.4 Å².